The molecule has 1 aromatic carbocycles. The highest BCUT2D eigenvalue weighted by atomic mass is 16.3. The number of carbonyl (C=O) groups excluding carboxylic acids is 1. The summed E-state index contributed by atoms with van der Waals surface area (Å²) in [6, 6.07) is 3.47. The SMILES string of the molecule is Cc1nc2c(C)ccc(C(N)=O)c2o1. The van der Waals surface area contributed by atoms with E-state index in [1.54, 1.807) is 13.0 Å². The average Bonchev–Trinajstić information content (AvgIpc) is 2.47. The number of oxazole rings is 1. The molecule has 0 fully saturated rings. The Morgan fingerprint density at radius 2 is 2.14 bits per heavy atom. The second kappa shape index (κ2) is 2.83. The quantitative estimate of drug-likeness (QED) is 0.741. The standard InChI is InChI=1S/C10H10N2O2/c1-5-3-4-7(10(11)13)9-8(5)12-6(2)14-9/h3-4H,1-2H3,(H2,11,13). The van der Waals surface area contributed by atoms with E-state index >= 15 is 0 Å². The van der Waals surface area contributed by atoms with Crippen molar-refractivity contribution < 1.29 is 9.21 Å². The number of aromatic nitrogens is 1. The van der Waals surface area contributed by atoms with Crippen LogP contribution in [-0.4, -0.2) is 10.9 Å². The van der Waals surface area contributed by atoms with Crippen LogP contribution in [0.25, 0.3) is 11.1 Å². The van der Waals surface area contributed by atoms with E-state index in [4.69, 9.17) is 10.2 Å². The lowest BCUT2D eigenvalue weighted by molar-refractivity contribution is 0.100. The number of hydrogen-bond acceptors (Lipinski definition) is 3. The zero-order valence-electron chi connectivity index (χ0n) is 8.00. The Hall–Kier alpha value is -1.84. The highest BCUT2D eigenvalue weighted by Crippen LogP contribution is 2.22. The Labute approximate surface area is 80.7 Å². The number of rotatable bonds is 1. The molecule has 72 valence electrons. The maximum absolute atomic E-state index is 11.1. The van der Waals surface area contributed by atoms with E-state index in [1.807, 2.05) is 13.0 Å². The molecule has 0 atom stereocenters. The lowest BCUT2D eigenvalue weighted by Gasteiger charge is -1.97. The fraction of sp³-hybridized carbons (Fsp3) is 0.200. The molecule has 14 heavy (non-hydrogen) atoms. The first-order valence-corrected chi connectivity index (χ1v) is 4.26. The van der Waals surface area contributed by atoms with Crippen molar-refractivity contribution in [3.63, 3.8) is 0 Å². The zero-order valence-corrected chi connectivity index (χ0v) is 8.00. The van der Waals surface area contributed by atoms with Crippen LogP contribution in [0.2, 0.25) is 0 Å². The second-order valence-corrected chi connectivity index (χ2v) is 3.20. The minimum absolute atomic E-state index is 0.381. The summed E-state index contributed by atoms with van der Waals surface area (Å²) in [5.41, 5.74) is 7.76. The van der Waals surface area contributed by atoms with Crippen LogP contribution in [0.15, 0.2) is 16.5 Å². The van der Waals surface area contributed by atoms with Gasteiger partial charge in [0.25, 0.3) is 5.91 Å². The first-order valence-electron chi connectivity index (χ1n) is 4.26. The predicted molar refractivity (Wildman–Crippen MR) is 52.0 cm³/mol. The van der Waals surface area contributed by atoms with Crippen LogP contribution in [0.4, 0.5) is 0 Å². The largest absolute Gasteiger partial charge is 0.440 e. The third-order valence-electron chi connectivity index (χ3n) is 2.12. The summed E-state index contributed by atoms with van der Waals surface area (Å²) < 4.78 is 5.33. The first kappa shape index (κ1) is 8.74. The molecule has 0 radical (unpaired) electrons. The summed E-state index contributed by atoms with van der Waals surface area (Å²) in [5, 5.41) is 0. The van der Waals surface area contributed by atoms with Crippen molar-refractivity contribution in [2.45, 2.75) is 13.8 Å². The van der Waals surface area contributed by atoms with Gasteiger partial charge < -0.3 is 10.2 Å². The number of fused-ring (bicyclic) bond motifs is 1. The van der Waals surface area contributed by atoms with E-state index < -0.39 is 5.91 Å². The molecule has 0 spiro atoms. The van der Waals surface area contributed by atoms with E-state index in [0.717, 1.165) is 5.56 Å². The average molecular weight is 190 g/mol. The van der Waals surface area contributed by atoms with E-state index in [-0.39, 0.29) is 0 Å². The molecule has 0 aliphatic rings. The summed E-state index contributed by atoms with van der Waals surface area (Å²) in [4.78, 5) is 15.3. The summed E-state index contributed by atoms with van der Waals surface area (Å²) in [7, 11) is 0. The smallest absolute Gasteiger partial charge is 0.252 e. The molecule has 2 N–H and O–H groups in total. The van der Waals surface area contributed by atoms with Crippen LogP contribution in [0.3, 0.4) is 0 Å². The molecule has 0 aliphatic carbocycles. The van der Waals surface area contributed by atoms with E-state index in [2.05, 4.69) is 4.98 Å². The third kappa shape index (κ3) is 1.16. The summed E-state index contributed by atoms with van der Waals surface area (Å²) in [6.07, 6.45) is 0. The Kier molecular flexibility index (Phi) is 1.77. The Balaban J connectivity index is 2.87. The van der Waals surface area contributed by atoms with Gasteiger partial charge in [0.1, 0.15) is 5.52 Å². The number of benzene rings is 1. The third-order valence-corrected chi connectivity index (χ3v) is 2.12. The second-order valence-electron chi connectivity index (χ2n) is 3.20. The predicted octanol–water partition coefficient (Wildman–Crippen LogP) is 1.54. The zero-order chi connectivity index (χ0) is 10.3. The fourth-order valence-electron chi connectivity index (χ4n) is 1.43. The van der Waals surface area contributed by atoms with Gasteiger partial charge in [0, 0.05) is 6.92 Å². The number of nitrogens with zero attached hydrogens (tertiary/aromatic N) is 1. The minimum Gasteiger partial charge on any atom is -0.440 e. The van der Waals surface area contributed by atoms with Crippen LogP contribution in [0, 0.1) is 13.8 Å². The van der Waals surface area contributed by atoms with E-state index in [9.17, 15) is 4.79 Å². The van der Waals surface area contributed by atoms with Gasteiger partial charge >= 0.3 is 0 Å². The summed E-state index contributed by atoms with van der Waals surface area (Å²) >= 11 is 0. The molecule has 0 saturated carbocycles. The highest BCUT2D eigenvalue weighted by Gasteiger charge is 2.13. The molecule has 0 unspecified atom stereocenters. The van der Waals surface area contributed by atoms with E-state index in [0.29, 0.717) is 22.6 Å². The van der Waals surface area contributed by atoms with Gasteiger partial charge in [0.15, 0.2) is 11.5 Å². The molecule has 1 heterocycles. The number of primary amides is 1. The van der Waals surface area contributed by atoms with Crippen molar-refractivity contribution in [2.75, 3.05) is 0 Å². The van der Waals surface area contributed by atoms with Gasteiger partial charge in [-0.25, -0.2) is 4.98 Å². The summed E-state index contributed by atoms with van der Waals surface area (Å²) in [6.45, 7) is 3.65. The molecule has 4 nitrogen and oxygen atoms in total. The number of hydrogen-bond donors (Lipinski definition) is 1. The van der Waals surface area contributed by atoms with Crippen LogP contribution >= 0.6 is 0 Å². The molecule has 2 rings (SSSR count). The van der Waals surface area contributed by atoms with Gasteiger partial charge in [0.2, 0.25) is 0 Å². The van der Waals surface area contributed by atoms with Crippen molar-refractivity contribution in [2.24, 2.45) is 5.73 Å². The maximum Gasteiger partial charge on any atom is 0.252 e. The molecular formula is C10H10N2O2. The molecule has 2 aromatic rings. The van der Waals surface area contributed by atoms with Crippen LogP contribution in [0.1, 0.15) is 21.8 Å². The molecule has 4 heteroatoms. The molecule has 1 aromatic heterocycles. The van der Waals surface area contributed by atoms with Crippen LogP contribution < -0.4 is 5.73 Å². The number of amides is 1. The van der Waals surface area contributed by atoms with Gasteiger partial charge in [-0.15, -0.1) is 0 Å². The van der Waals surface area contributed by atoms with Crippen molar-refractivity contribution in [3.05, 3.63) is 29.2 Å². The Bertz CT molecular complexity index is 514. The molecule has 0 aliphatic heterocycles. The topological polar surface area (TPSA) is 69.1 Å². The van der Waals surface area contributed by atoms with E-state index in [1.165, 1.54) is 0 Å². The molecule has 0 bridgehead atoms. The van der Waals surface area contributed by atoms with Crippen molar-refractivity contribution in [1.29, 1.82) is 0 Å². The summed E-state index contributed by atoms with van der Waals surface area (Å²) in [5.74, 6) is 0.0444. The monoisotopic (exact) mass is 190 g/mol. The van der Waals surface area contributed by atoms with Crippen molar-refractivity contribution >= 4 is 17.0 Å². The lowest BCUT2D eigenvalue weighted by atomic mass is 10.1. The lowest BCUT2D eigenvalue weighted by Crippen LogP contribution is -2.11. The fourth-order valence-corrected chi connectivity index (χ4v) is 1.43. The minimum atomic E-state index is -0.494. The number of carbonyl (C=O) groups is 1. The molecular weight excluding hydrogens is 180 g/mol. The van der Waals surface area contributed by atoms with Gasteiger partial charge in [-0.05, 0) is 18.6 Å². The Morgan fingerprint density at radius 1 is 1.43 bits per heavy atom. The van der Waals surface area contributed by atoms with Gasteiger partial charge in [-0.3, -0.25) is 4.79 Å². The van der Waals surface area contributed by atoms with Gasteiger partial charge in [-0.2, -0.15) is 0 Å². The Morgan fingerprint density at radius 3 is 2.79 bits per heavy atom. The first-order chi connectivity index (χ1) is 6.59. The van der Waals surface area contributed by atoms with Crippen LogP contribution in [-0.2, 0) is 0 Å². The number of nitrogens with two attached hydrogens (primary N) is 1. The van der Waals surface area contributed by atoms with Gasteiger partial charge in [-0.1, -0.05) is 6.07 Å². The molecule has 0 saturated heterocycles. The number of aryl methyl sites for hydroxylation is 2. The maximum atomic E-state index is 11.1. The van der Waals surface area contributed by atoms with Crippen LogP contribution in [0.5, 0.6) is 0 Å². The normalized spacial score (nSPS) is 10.7. The van der Waals surface area contributed by atoms with Crippen molar-refractivity contribution in [1.82, 2.24) is 4.98 Å². The highest BCUT2D eigenvalue weighted by molar-refractivity contribution is 6.03. The van der Waals surface area contributed by atoms with Gasteiger partial charge in [0.05, 0.1) is 5.56 Å². The molecule has 1 amide bonds. The van der Waals surface area contributed by atoms with Crippen molar-refractivity contribution in [3.8, 4) is 0 Å².